The second-order valence-corrected chi connectivity index (χ2v) is 5.34. The van der Waals surface area contributed by atoms with Gasteiger partial charge >= 0.3 is 0 Å². The van der Waals surface area contributed by atoms with Crippen LogP contribution in [0.2, 0.25) is 0 Å². The van der Waals surface area contributed by atoms with Crippen molar-refractivity contribution in [2.75, 3.05) is 32.8 Å². The molecule has 0 unspecified atom stereocenters. The van der Waals surface area contributed by atoms with Gasteiger partial charge in [0.25, 0.3) is 0 Å². The summed E-state index contributed by atoms with van der Waals surface area (Å²) in [7, 11) is 5.75. The predicted molar refractivity (Wildman–Crippen MR) is 74.0 cm³/mol. The molecule has 0 fully saturated rings. The number of methoxy groups -OCH3 is 1. The Kier molecular flexibility index (Phi) is 4.40. The highest BCUT2D eigenvalue weighted by molar-refractivity contribution is 5.54. The molecule has 96 valence electrons. The summed E-state index contributed by atoms with van der Waals surface area (Å²) >= 11 is 0. The number of hydrogen-bond acceptors (Lipinski definition) is 3. The van der Waals surface area contributed by atoms with E-state index >= 15 is 0 Å². The van der Waals surface area contributed by atoms with Gasteiger partial charge in [-0.3, -0.25) is 0 Å². The monoisotopic (exact) mass is 236 g/mol. The molecular formula is C14H24N2O. The standard InChI is InChI=1S/C14H24N2O/c1-14(2,3)12-9-11(16(5)10-15-4)7-8-13(12)17-6/h7-9,15H,10H2,1-6H3. The first-order valence-corrected chi connectivity index (χ1v) is 5.94. The summed E-state index contributed by atoms with van der Waals surface area (Å²) < 4.78 is 5.43. The molecule has 0 amide bonds. The van der Waals surface area contributed by atoms with E-state index in [1.807, 2.05) is 13.1 Å². The van der Waals surface area contributed by atoms with Gasteiger partial charge in [0.15, 0.2) is 0 Å². The van der Waals surface area contributed by atoms with Crippen molar-refractivity contribution in [2.45, 2.75) is 26.2 Å². The Hall–Kier alpha value is -1.22. The van der Waals surface area contributed by atoms with E-state index in [2.05, 4.69) is 50.2 Å². The Morgan fingerprint density at radius 2 is 1.94 bits per heavy atom. The maximum absolute atomic E-state index is 5.43. The van der Waals surface area contributed by atoms with Crippen molar-refractivity contribution in [3.05, 3.63) is 23.8 Å². The maximum Gasteiger partial charge on any atom is 0.122 e. The zero-order valence-electron chi connectivity index (χ0n) is 11.8. The van der Waals surface area contributed by atoms with Crippen molar-refractivity contribution in [2.24, 2.45) is 0 Å². The lowest BCUT2D eigenvalue weighted by atomic mass is 9.86. The number of anilines is 1. The molecular weight excluding hydrogens is 212 g/mol. The highest BCUT2D eigenvalue weighted by atomic mass is 16.5. The molecule has 0 heterocycles. The van der Waals surface area contributed by atoms with E-state index in [-0.39, 0.29) is 5.41 Å². The maximum atomic E-state index is 5.43. The lowest BCUT2D eigenvalue weighted by Gasteiger charge is -2.26. The highest BCUT2D eigenvalue weighted by Crippen LogP contribution is 2.34. The lowest BCUT2D eigenvalue weighted by molar-refractivity contribution is 0.397. The minimum atomic E-state index is 0.0852. The van der Waals surface area contributed by atoms with Crippen molar-refractivity contribution in [1.82, 2.24) is 5.32 Å². The molecule has 0 aliphatic carbocycles. The third-order valence-corrected chi connectivity index (χ3v) is 2.83. The summed E-state index contributed by atoms with van der Waals surface area (Å²) in [6.45, 7) is 7.43. The van der Waals surface area contributed by atoms with Gasteiger partial charge in [-0.1, -0.05) is 20.8 Å². The topological polar surface area (TPSA) is 24.5 Å². The van der Waals surface area contributed by atoms with E-state index in [0.29, 0.717) is 0 Å². The first kappa shape index (κ1) is 13.8. The number of nitrogens with zero attached hydrogens (tertiary/aromatic N) is 1. The smallest absolute Gasteiger partial charge is 0.122 e. The molecule has 17 heavy (non-hydrogen) atoms. The molecule has 0 bridgehead atoms. The summed E-state index contributed by atoms with van der Waals surface area (Å²) in [5.41, 5.74) is 2.52. The van der Waals surface area contributed by atoms with Crippen LogP contribution in [0, 0.1) is 0 Å². The van der Waals surface area contributed by atoms with Crippen molar-refractivity contribution in [1.29, 1.82) is 0 Å². The van der Waals surface area contributed by atoms with Gasteiger partial charge in [0.05, 0.1) is 13.8 Å². The van der Waals surface area contributed by atoms with Crippen LogP contribution in [-0.4, -0.2) is 27.9 Å². The summed E-state index contributed by atoms with van der Waals surface area (Å²) in [5.74, 6) is 0.958. The van der Waals surface area contributed by atoms with Crippen LogP contribution in [0.3, 0.4) is 0 Å². The summed E-state index contributed by atoms with van der Waals surface area (Å²) in [4.78, 5) is 2.18. The molecule has 1 aromatic carbocycles. The zero-order valence-corrected chi connectivity index (χ0v) is 11.8. The molecule has 0 atom stereocenters. The SMILES string of the molecule is CNCN(C)c1ccc(OC)c(C(C)(C)C)c1. The van der Waals surface area contributed by atoms with Crippen molar-refractivity contribution in [3.8, 4) is 5.75 Å². The second-order valence-electron chi connectivity index (χ2n) is 5.34. The fourth-order valence-electron chi connectivity index (χ4n) is 1.85. The number of rotatable bonds is 4. The molecule has 3 nitrogen and oxygen atoms in total. The average molecular weight is 236 g/mol. The van der Waals surface area contributed by atoms with E-state index in [1.165, 1.54) is 11.3 Å². The number of ether oxygens (including phenoxy) is 1. The molecule has 1 aromatic rings. The molecule has 0 aromatic heterocycles. The van der Waals surface area contributed by atoms with Gasteiger partial charge in [-0.15, -0.1) is 0 Å². The molecule has 1 rings (SSSR count). The van der Waals surface area contributed by atoms with Crippen LogP contribution < -0.4 is 15.0 Å². The molecule has 0 radical (unpaired) electrons. The van der Waals surface area contributed by atoms with Gasteiger partial charge in [-0.05, 0) is 30.7 Å². The van der Waals surface area contributed by atoms with Crippen molar-refractivity contribution >= 4 is 5.69 Å². The predicted octanol–water partition coefficient (Wildman–Crippen LogP) is 2.61. The third-order valence-electron chi connectivity index (χ3n) is 2.83. The Labute approximate surface area is 105 Å². The fraction of sp³-hybridized carbons (Fsp3) is 0.571. The van der Waals surface area contributed by atoms with E-state index in [0.717, 1.165) is 12.4 Å². The first-order chi connectivity index (χ1) is 7.90. The van der Waals surface area contributed by atoms with Crippen LogP contribution in [0.5, 0.6) is 5.75 Å². The average Bonchev–Trinajstić information content (AvgIpc) is 2.27. The van der Waals surface area contributed by atoms with Gasteiger partial charge < -0.3 is 15.0 Å². The lowest BCUT2D eigenvalue weighted by Crippen LogP contribution is -2.28. The van der Waals surface area contributed by atoms with E-state index in [9.17, 15) is 0 Å². The van der Waals surface area contributed by atoms with E-state index in [1.54, 1.807) is 7.11 Å². The summed E-state index contributed by atoms with van der Waals surface area (Å²) in [6, 6.07) is 6.34. The number of benzene rings is 1. The quantitative estimate of drug-likeness (QED) is 0.813. The Morgan fingerprint density at radius 1 is 1.29 bits per heavy atom. The Balaban J connectivity index is 3.13. The van der Waals surface area contributed by atoms with Gasteiger partial charge in [0, 0.05) is 18.3 Å². The molecule has 0 aliphatic heterocycles. The fourth-order valence-corrected chi connectivity index (χ4v) is 1.85. The highest BCUT2D eigenvalue weighted by Gasteiger charge is 2.19. The minimum absolute atomic E-state index is 0.0852. The van der Waals surface area contributed by atoms with Crippen LogP contribution in [0.1, 0.15) is 26.3 Å². The minimum Gasteiger partial charge on any atom is -0.496 e. The number of hydrogen-bond donors (Lipinski definition) is 1. The Bertz CT molecular complexity index is 369. The van der Waals surface area contributed by atoms with Crippen LogP contribution in [0.25, 0.3) is 0 Å². The van der Waals surface area contributed by atoms with Gasteiger partial charge in [-0.2, -0.15) is 0 Å². The summed E-state index contributed by atoms with van der Waals surface area (Å²) in [5, 5.41) is 3.15. The second kappa shape index (κ2) is 5.41. The van der Waals surface area contributed by atoms with Crippen molar-refractivity contribution < 1.29 is 4.74 Å². The van der Waals surface area contributed by atoms with Gasteiger partial charge in [0.2, 0.25) is 0 Å². The van der Waals surface area contributed by atoms with E-state index < -0.39 is 0 Å². The van der Waals surface area contributed by atoms with Gasteiger partial charge in [0.1, 0.15) is 5.75 Å². The van der Waals surface area contributed by atoms with Crippen LogP contribution in [0.15, 0.2) is 18.2 Å². The molecule has 0 saturated carbocycles. The van der Waals surface area contributed by atoms with E-state index in [4.69, 9.17) is 4.74 Å². The number of nitrogens with one attached hydrogen (secondary N) is 1. The Morgan fingerprint density at radius 3 is 2.41 bits per heavy atom. The molecule has 0 spiro atoms. The van der Waals surface area contributed by atoms with Gasteiger partial charge in [-0.25, -0.2) is 0 Å². The normalized spacial score (nSPS) is 11.4. The van der Waals surface area contributed by atoms with Crippen LogP contribution >= 0.6 is 0 Å². The van der Waals surface area contributed by atoms with Crippen LogP contribution in [0.4, 0.5) is 5.69 Å². The molecule has 3 heteroatoms. The zero-order chi connectivity index (χ0) is 13.1. The summed E-state index contributed by atoms with van der Waals surface area (Å²) in [6.07, 6.45) is 0. The van der Waals surface area contributed by atoms with Crippen molar-refractivity contribution in [3.63, 3.8) is 0 Å². The first-order valence-electron chi connectivity index (χ1n) is 5.94. The molecule has 0 saturated heterocycles. The van der Waals surface area contributed by atoms with Crippen LogP contribution in [-0.2, 0) is 5.41 Å². The molecule has 1 N–H and O–H groups in total. The third kappa shape index (κ3) is 3.37. The molecule has 0 aliphatic rings. The largest absolute Gasteiger partial charge is 0.496 e.